The molecule has 0 bridgehead atoms. The highest BCUT2D eigenvalue weighted by molar-refractivity contribution is 7.99. The summed E-state index contributed by atoms with van der Waals surface area (Å²) in [5.74, 6) is -0.560. The van der Waals surface area contributed by atoms with Crippen LogP contribution in [0.25, 0.3) is 32.2 Å². The van der Waals surface area contributed by atoms with Crippen molar-refractivity contribution in [1.82, 2.24) is 19.4 Å². The molecule has 15 heteroatoms. The number of nitrogen functional groups attached to an aromatic ring is 1. The Balaban J connectivity index is 1.69. The first-order chi connectivity index (χ1) is 20.8. The molecule has 0 radical (unpaired) electrons. The number of hydrogen-bond acceptors (Lipinski definition) is 9. The molecule has 6 rings (SSSR count). The smallest absolute Gasteiger partial charge is 0.379 e. The fourth-order valence-electron chi connectivity index (χ4n) is 6.24. The number of anilines is 2. The molecule has 3 atom stereocenters. The first-order valence-corrected chi connectivity index (χ1v) is 15.5. The van der Waals surface area contributed by atoms with E-state index >= 15 is 13.2 Å². The second-order valence-electron chi connectivity index (χ2n) is 10.9. The fourth-order valence-corrected chi connectivity index (χ4v) is 8.32. The predicted molar refractivity (Wildman–Crippen MR) is 164 cm³/mol. The largest absolute Gasteiger partial charge is 0.417 e. The van der Waals surface area contributed by atoms with Gasteiger partial charge in [0.1, 0.15) is 11.6 Å². The molecule has 1 amide bonds. The maximum absolute atomic E-state index is 15.1. The van der Waals surface area contributed by atoms with Crippen LogP contribution in [0.4, 0.5) is 28.5 Å². The van der Waals surface area contributed by atoms with Crippen molar-refractivity contribution < 1.29 is 27.1 Å². The number of halogens is 4. The number of amides is 1. The van der Waals surface area contributed by atoms with Gasteiger partial charge in [0.15, 0.2) is 5.13 Å². The SMILES string of the molecule is C=CC(=O)N1[C@H](C)CN(c2nc(=O)n3c4c(c(-c5ccc(F)c6sc(N)nc56)c(C(F)(F)F)cc24)SC[C@@H](OC)C3)C[C@@H]1C. The van der Waals surface area contributed by atoms with E-state index in [1.807, 2.05) is 13.8 Å². The van der Waals surface area contributed by atoms with E-state index in [0.29, 0.717) is 0 Å². The average molecular weight is 649 g/mol. The van der Waals surface area contributed by atoms with Gasteiger partial charge in [-0.1, -0.05) is 17.9 Å². The van der Waals surface area contributed by atoms with Crippen LogP contribution in [0.2, 0.25) is 0 Å². The number of ether oxygens (including phenoxy) is 1. The van der Waals surface area contributed by atoms with Crippen molar-refractivity contribution in [1.29, 1.82) is 0 Å². The van der Waals surface area contributed by atoms with E-state index in [4.69, 9.17) is 10.5 Å². The summed E-state index contributed by atoms with van der Waals surface area (Å²) in [6, 6.07) is 2.71. The van der Waals surface area contributed by atoms with Crippen LogP contribution in [0.5, 0.6) is 0 Å². The minimum Gasteiger partial charge on any atom is -0.379 e. The standard InChI is InChI=1S/C29H28F4N6O3S2/c1-5-20(40)39-13(2)9-37(10-14(39)3)26-17-8-18(29(31,32)33)21(16-6-7-19(30)24-22(16)35-27(34)44-24)25-23(17)38(28(41)36-26)11-15(42-4)12-43-25/h5-8,13-15H,1,9-12H2,2-4H3,(H2,34,35)/t13-,14+,15-/m0/s1. The van der Waals surface area contributed by atoms with Crippen LogP contribution in [0, 0.1) is 5.82 Å². The molecule has 0 spiro atoms. The first-order valence-electron chi connectivity index (χ1n) is 13.7. The van der Waals surface area contributed by atoms with Crippen LogP contribution in [-0.4, -0.2) is 69.5 Å². The summed E-state index contributed by atoms with van der Waals surface area (Å²) in [6.07, 6.45) is -4.12. The van der Waals surface area contributed by atoms with Crippen molar-refractivity contribution in [2.24, 2.45) is 0 Å². The van der Waals surface area contributed by atoms with Crippen LogP contribution in [-0.2, 0) is 22.3 Å². The summed E-state index contributed by atoms with van der Waals surface area (Å²) in [4.78, 5) is 38.3. The molecule has 1 fully saturated rings. The van der Waals surface area contributed by atoms with Gasteiger partial charge in [0.05, 0.1) is 33.9 Å². The number of thioether (sulfide) groups is 1. The number of nitrogens with zero attached hydrogens (tertiary/aromatic N) is 5. The number of alkyl halides is 3. The summed E-state index contributed by atoms with van der Waals surface area (Å²) in [5.41, 5.74) is 4.39. The highest BCUT2D eigenvalue weighted by Gasteiger charge is 2.40. The van der Waals surface area contributed by atoms with Crippen molar-refractivity contribution in [3.63, 3.8) is 0 Å². The summed E-state index contributed by atoms with van der Waals surface area (Å²) in [5, 5.41) is 0.151. The number of carbonyl (C=O) groups is 1. The number of hydrogen-bond donors (Lipinski definition) is 1. The molecule has 0 unspecified atom stereocenters. The Morgan fingerprint density at radius 3 is 2.52 bits per heavy atom. The predicted octanol–water partition coefficient (Wildman–Crippen LogP) is 5.15. The molecule has 0 saturated carbocycles. The van der Waals surface area contributed by atoms with Gasteiger partial charge in [-0.05, 0) is 38.1 Å². The average Bonchev–Trinajstić information content (AvgIpc) is 3.25. The van der Waals surface area contributed by atoms with Gasteiger partial charge in [0, 0.05) is 59.4 Å². The van der Waals surface area contributed by atoms with Crippen LogP contribution in [0.1, 0.15) is 19.4 Å². The zero-order valence-corrected chi connectivity index (χ0v) is 25.6. The normalized spacial score (nSPS) is 20.8. The van der Waals surface area contributed by atoms with Crippen LogP contribution < -0.4 is 16.3 Å². The summed E-state index contributed by atoms with van der Waals surface area (Å²) in [7, 11) is 1.47. The quantitative estimate of drug-likeness (QED) is 0.240. The van der Waals surface area contributed by atoms with Gasteiger partial charge in [-0.2, -0.15) is 18.2 Å². The number of thiazole rings is 1. The lowest BCUT2D eigenvalue weighted by molar-refractivity contribution is -0.137. The molecule has 2 aliphatic rings. The highest BCUT2D eigenvalue weighted by atomic mass is 32.2. The monoisotopic (exact) mass is 648 g/mol. The molecule has 1 saturated heterocycles. The van der Waals surface area contributed by atoms with Crippen molar-refractivity contribution >= 4 is 61.1 Å². The van der Waals surface area contributed by atoms with Crippen molar-refractivity contribution in [2.45, 2.75) is 49.7 Å². The van der Waals surface area contributed by atoms with E-state index in [1.54, 1.807) is 9.80 Å². The molecular formula is C29H28F4N6O3S2. The van der Waals surface area contributed by atoms with E-state index < -0.39 is 29.4 Å². The van der Waals surface area contributed by atoms with E-state index in [0.717, 1.165) is 35.2 Å². The number of piperazine rings is 1. The fraction of sp³-hybridized carbons (Fsp3) is 0.379. The number of aromatic nitrogens is 3. The van der Waals surface area contributed by atoms with Gasteiger partial charge < -0.3 is 20.3 Å². The second-order valence-corrected chi connectivity index (χ2v) is 13.0. The molecule has 44 heavy (non-hydrogen) atoms. The second kappa shape index (κ2) is 11.0. The molecule has 2 aliphatic heterocycles. The third kappa shape index (κ3) is 4.90. The molecular weight excluding hydrogens is 620 g/mol. The highest BCUT2D eigenvalue weighted by Crippen LogP contribution is 2.50. The first kappa shape index (κ1) is 30.3. The Bertz CT molecular complexity index is 1880. The van der Waals surface area contributed by atoms with Crippen molar-refractivity contribution in [3.8, 4) is 11.1 Å². The molecule has 2 aromatic carbocycles. The number of fused-ring (bicyclic) bond motifs is 1. The summed E-state index contributed by atoms with van der Waals surface area (Å²) < 4.78 is 67.0. The lowest BCUT2D eigenvalue weighted by Gasteiger charge is -2.44. The summed E-state index contributed by atoms with van der Waals surface area (Å²) in [6.45, 7) is 7.76. The van der Waals surface area contributed by atoms with Crippen LogP contribution in [0.15, 0.2) is 40.5 Å². The lowest BCUT2D eigenvalue weighted by Crippen LogP contribution is -2.58. The molecule has 2 N–H and O–H groups in total. The minimum absolute atomic E-state index is 0.00979. The number of nitrogens with two attached hydrogens (primary N) is 1. The molecule has 2 aromatic heterocycles. The van der Waals surface area contributed by atoms with Gasteiger partial charge in [0.2, 0.25) is 5.91 Å². The molecule has 4 heterocycles. The van der Waals surface area contributed by atoms with Gasteiger partial charge in [-0.15, -0.1) is 11.8 Å². The number of rotatable bonds is 4. The van der Waals surface area contributed by atoms with E-state index in [-0.39, 0.29) is 91.5 Å². The third-order valence-electron chi connectivity index (χ3n) is 8.07. The Morgan fingerprint density at radius 1 is 1.18 bits per heavy atom. The van der Waals surface area contributed by atoms with Gasteiger partial charge >= 0.3 is 11.9 Å². The maximum atomic E-state index is 15.1. The summed E-state index contributed by atoms with van der Waals surface area (Å²) >= 11 is 1.98. The van der Waals surface area contributed by atoms with Crippen LogP contribution >= 0.6 is 23.1 Å². The number of methoxy groups -OCH3 is 1. The Morgan fingerprint density at radius 2 is 1.89 bits per heavy atom. The van der Waals surface area contributed by atoms with Crippen molar-refractivity contribution in [2.75, 3.05) is 36.6 Å². The Labute approximate surface area is 257 Å². The van der Waals surface area contributed by atoms with Crippen molar-refractivity contribution in [3.05, 3.63) is 52.7 Å². The number of carbonyl (C=O) groups excluding carboxylic acids is 1. The lowest BCUT2D eigenvalue weighted by atomic mass is 9.95. The zero-order chi connectivity index (χ0) is 31.7. The van der Waals surface area contributed by atoms with Gasteiger partial charge in [0.25, 0.3) is 0 Å². The van der Waals surface area contributed by atoms with Gasteiger partial charge in [-0.25, -0.2) is 14.2 Å². The van der Waals surface area contributed by atoms with E-state index in [9.17, 15) is 14.0 Å². The maximum Gasteiger partial charge on any atom is 0.417 e. The topological polar surface area (TPSA) is 107 Å². The Hall–Kier alpha value is -3.69. The molecule has 4 aromatic rings. The Kier molecular flexibility index (Phi) is 7.61. The molecule has 0 aliphatic carbocycles. The number of benzene rings is 2. The zero-order valence-electron chi connectivity index (χ0n) is 23.9. The van der Waals surface area contributed by atoms with Crippen LogP contribution in [0.3, 0.4) is 0 Å². The minimum atomic E-state index is -4.84. The van der Waals surface area contributed by atoms with E-state index in [1.165, 1.54) is 23.8 Å². The molecule has 232 valence electrons. The van der Waals surface area contributed by atoms with Gasteiger partial charge in [-0.3, -0.25) is 9.36 Å². The molecule has 9 nitrogen and oxygen atoms in total. The van der Waals surface area contributed by atoms with E-state index in [2.05, 4.69) is 16.5 Å². The third-order valence-corrected chi connectivity index (χ3v) is 10.2.